The van der Waals surface area contributed by atoms with E-state index in [1.807, 2.05) is 24.1 Å². The van der Waals surface area contributed by atoms with Crippen LogP contribution in [0, 0.1) is 0 Å². The summed E-state index contributed by atoms with van der Waals surface area (Å²) >= 11 is 0. The second-order valence-corrected chi connectivity index (χ2v) is 6.55. The molecule has 116 valence electrons. The highest BCUT2D eigenvalue weighted by atomic mass is 16.5. The predicted molar refractivity (Wildman–Crippen MR) is 85.7 cm³/mol. The van der Waals surface area contributed by atoms with Crippen LogP contribution in [-0.2, 0) is 18.4 Å². The maximum atomic E-state index is 10.6. The molecule has 1 saturated carbocycles. The van der Waals surface area contributed by atoms with Gasteiger partial charge in [-0.3, -0.25) is 9.67 Å². The van der Waals surface area contributed by atoms with Crippen molar-refractivity contribution in [2.24, 2.45) is 7.05 Å². The van der Waals surface area contributed by atoms with Crippen molar-refractivity contribution in [1.82, 2.24) is 14.8 Å². The molecule has 1 aromatic carbocycles. The summed E-state index contributed by atoms with van der Waals surface area (Å²) in [6, 6.07) is 6.27. The number of pyridine rings is 1. The lowest BCUT2D eigenvalue weighted by Gasteiger charge is -2.31. The van der Waals surface area contributed by atoms with Gasteiger partial charge in [-0.1, -0.05) is 12.1 Å². The minimum Gasteiger partial charge on any atom is -0.385 e. The standard InChI is InChI=1S/C18H17N3O2/c1-21-16-6-11(2-3-12(16)7-20-21)13-8-19-9-14-15(13)10-23-18(4-5-18)17(14)22/h2-3,6-9,17,22H,4-5,10H2,1H3. The SMILES string of the molecule is Cn1ncc2ccc(-c3cncc4c3COC3(CC3)C4O)cc21. The molecule has 0 bridgehead atoms. The number of aliphatic hydroxyl groups is 1. The number of aliphatic hydroxyl groups excluding tert-OH is 1. The number of aryl methyl sites for hydroxylation is 1. The number of hydrogen-bond acceptors (Lipinski definition) is 4. The maximum Gasteiger partial charge on any atom is 0.110 e. The molecule has 0 saturated heterocycles. The quantitative estimate of drug-likeness (QED) is 0.751. The van der Waals surface area contributed by atoms with E-state index in [4.69, 9.17) is 4.74 Å². The van der Waals surface area contributed by atoms with Gasteiger partial charge in [0.15, 0.2) is 0 Å². The number of aromatic nitrogens is 3. The molecule has 1 spiro atoms. The second-order valence-electron chi connectivity index (χ2n) is 6.55. The number of hydrogen-bond donors (Lipinski definition) is 1. The van der Waals surface area contributed by atoms with Crippen molar-refractivity contribution in [3.8, 4) is 11.1 Å². The molecule has 1 atom stereocenters. The van der Waals surface area contributed by atoms with Gasteiger partial charge in [0, 0.05) is 36.0 Å². The van der Waals surface area contributed by atoms with Crippen molar-refractivity contribution in [1.29, 1.82) is 0 Å². The van der Waals surface area contributed by atoms with Crippen molar-refractivity contribution >= 4 is 10.9 Å². The summed E-state index contributed by atoms with van der Waals surface area (Å²) in [5, 5.41) is 16.0. The van der Waals surface area contributed by atoms with Crippen LogP contribution in [0.4, 0.5) is 0 Å². The number of fused-ring (bicyclic) bond motifs is 2. The number of benzene rings is 1. The molecule has 1 aliphatic carbocycles. The lowest BCUT2D eigenvalue weighted by molar-refractivity contribution is -0.0827. The van der Waals surface area contributed by atoms with Crippen LogP contribution in [0.3, 0.4) is 0 Å². The van der Waals surface area contributed by atoms with E-state index >= 15 is 0 Å². The minimum atomic E-state index is -0.570. The Bertz CT molecular complexity index is 927. The first kappa shape index (κ1) is 13.2. The Morgan fingerprint density at radius 2 is 2.13 bits per heavy atom. The van der Waals surface area contributed by atoms with E-state index in [1.54, 1.807) is 6.20 Å². The predicted octanol–water partition coefficient (Wildman–Crippen LogP) is 2.73. The van der Waals surface area contributed by atoms with Gasteiger partial charge in [0.05, 0.1) is 23.9 Å². The largest absolute Gasteiger partial charge is 0.385 e. The summed E-state index contributed by atoms with van der Waals surface area (Å²) in [4.78, 5) is 4.37. The molecule has 3 heterocycles. The van der Waals surface area contributed by atoms with Crippen molar-refractivity contribution in [2.45, 2.75) is 31.2 Å². The third-order valence-corrected chi connectivity index (χ3v) is 5.19. The fourth-order valence-electron chi connectivity index (χ4n) is 3.58. The fraction of sp³-hybridized carbons (Fsp3) is 0.333. The Balaban J connectivity index is 1.68. The summed E-state index contributed by atoms with van der Waals surface area (Å²) < 4.78 is 7.85. The van der Waals surface area contributed by atoms with E-state index in [1.165, 1.54) is 0 Å². The maximum absolute atomic E-state index is 10.6. The topological polar surface area (TPSA) is 60.2 Å². The molecule has 5 rings (SSSR count). The van der Waals surface area contributed by atoms with Crippen molar-refractivity contribution in [3.05, 3.63) is 47.9 Å². The van der Waals surface area contributed by atoms with Gasteiger partial charge >= 0.3 is 0 Å². The van der Waals surface area contributed by atoms with Gasteiger partial charge in [-0.05, 0) is 30.0 Å². The summed E-state index contributed by atoms with van der Waals surface area (Å²) in [5.74, 6) is 0. The first-order valence-corrected chi connectivity index (χ1v) is 7.89. The number of rotatable bonds is 1. The molecule has 2 aromatic heterocycles. The molecule has 2 aliphatic rings. The lowest BCUT2D eigenvalue weighted by atomic mass is 9.91. The van der Waals surface area contributed by atoms with E-state index in [0.29, 0.717) is 6.61 Å². The molecule has 5 heteroatoms. The Kier molecular flexibility index (Phi) is 2.53. The van der Waals surface area contributed by atoms with Crippen molar-refractivity contribution in [3.63, 3.8) is 0 Å². The zero-order valence-corrected chi connectivity index (χ0v) is 12.9. The highest BCUT2D eigenvalue weighted by molar-refractivity contribution is 5.85. The first-order chi connectivity index (χ1) is 11.2. The molecular formula is C18H17N3O2. The Morgan fingerprint density at radius 1 is 1.26 bits per heavy atom. The van der Waals surface area contributed by atoms with Gasteiger partial charge in [0.1, 0.15) is 6.10 Å². The van der Waals surface area contributed by atoms with Crippen LogP contribution in [0.2, 0.25) is 0 Å². The van der Waals surface area contributed by atoms with Gasteiger partial charge in [-0.2, -0.15) is 5.10 Å². The van der Waals surface area contributed by atoms with Crippen molar-refractivity contribution in [2.75, 3.05) is 0 Å². The van der Waals surface area contributed by atoms with E-state index in [9.17, 15) is 5.11 Å². The van der Waals surface area contributed by atoms with E-state index in [2.05, 4.69) is 28.3 Å². The van der Waals surface area contributed by atoms with Crippen LogP contribution >= 0.6 is 0 Å². The Morgan fingerprint density at radius 3 is 2.96 bits per heavy atom. The second kappa shape index (κ2) is 4.40. The lowest BCUT2D eigenvalue weighted by Crippen LogP contribution is -2.30. The van der Waals surface area contributed by atoms with Crippen LogP contribution in [0.5, 0.6) is 0 Å². The Hall–Kier alpha value is -2.24. The molecule has 1 N–H and O–H groups in total. The number of nitrogens with zero attached hydrogens (tertiary/aromatic N) is 3. The molecule has 1 fully saturated rings. The monoisotopic (exact) mass is 307 g/mol. The van der Waals surface area contributed by atoms with E-state index in [-0.39, 0.29) is 5.60 Å². The fourth-order valence-corrected chi connectivity index (χ4v) is 3.58. The molecule has 23 heavy (non-hydrogen) atoms. The normalized spacial score (nSPS) is 21.6. The van der Waals surface area contributed by atoms with Crippen molar-refractivity contribution < 1.29 is 9.84 Å². The third-order valence-electron chi connectivity index (χ3n) is 5.19. The van der Waals surface area contributed by atoms with Crippen LogP contribution in [0.15, 0.2) is 36.8 Å². The zero-order valence-electron chi connectivity index (χ0n) is 12.9. The summed E-state index contributed by atoms with van der Waals surface area (Å²) in [6.45, 7) is 0.535. The highest BCUT2D eigenvalue weighted by Gasteiger charge is 2.54. The molecule has 1 aliphatic heterocycles. The average molecular weight is 307 g/mol. The van der Waals surface area contributed by atoms with Gasteiger partial charge in [0.25, 0.3) is 0 Å². The van der Waals surface area contributed by atoms with Gasteiger partial charge in [0.2, 0.25) is 0 Å². The molecule has 0 amide bonds. The van der Waals surface area contributed by atoms with Gasteiger partial charge < -0.3 is 9.84 Å². The van der Waals surface area contributed by atoms with Gasteiger partial charge in [-0.15, -0.1) is 0 Å². The molecule has 0 radical (unpaired) electrons. The Labute approximate surface area is 133 Å². The summed E-state index contributed by atoms with van der Waals surface area (Å²) in [7, 11) is 1.94. The molecule has 1 unspecified atom stereocenters. The molecular weight excluding hydrogens is 290 g/mol. The van der Waals surface area contributed by atoms with Crippen LogP contribution < -0.4 is 0 Å². The first-order valence-electron chi connectivity index (χ1n) is 7.89. The van der Waals surface area contributed by atoms with Crippen LogP contribution in [-0.4, -0.2) is 25.5 Å². The molecule has 5 nitrogen and oxygen atoms in total. The number of ether oxygens (including phenoxy) is 1. The van der Waals surface area contributed by atoms with Gasteiger partial charge in [-0.25, -0.2) is 0 Å². The van der Waals surface area contributed by atoms with E-state index in [0.717, 1.165) is 46.0 Å². The zero-order chi connectivity index (χ0) is 15.6. The third kappa shape index (κ3) is 1.81. The molecule has 3 aromatic rings. The van der Waals surface area contributed by atoms with E-state index < -0.39 is 6.10 Å². The van der Waals surface area contributed by atoms with Crippen LogP contribution in [0.1, 0.15) is 30.1 Å². The summed E-state index contributed by atoms with van der Waals surface area (Å²) in [5.41, 5.74) is 4.80. The highest BCUT2D eigenvalue weighted by Crippen LogP contribution is 2.53. The minimum absolute atomic E-state index is 0.348. The smallest absolute Gasteiger partial charge is 0.110 e. The average Bonchev–Trinajstić information content (AvgIpc) is 3.28. The van der Waals surface area contributed by atoms with Crippen LogP contribution in [0.25, 0.3) is 22.0 Å². The summed E-state index contributed by atoms with van der Waals surface area (Å²) in [6.07, 6.45) is 6.80.